The average molecular weight is 412 g/mol. The zero-order valence-corrected chi connectivity index (χ0v) is 17.0. The molecule has 1 aliphatic carbocycles. The van der Waals surface area contributed by atoms with Crippen molar-refractivity contribution in [1.29, 1.82) is 0 Å². The molecule has 28 heavy (non-hydrogen) atoms. The Morgan fingerprint density at radius 3 is 2.86 bits per heavy atom. The fraction of sp³-hybridized carbons (Fsp3) is 0.333. The van der Waals surface area contributed by atoms with Crippen LogP contribution in [0.4, 0.5) is 0 Å². The molecular formula is C21H21N3O2S2. The molecule has 3 aromatic rings. The normalized spacial score (nSPS) is 19.4. The summed E-state index contributed by atoms with van der Waals surface area (Å²) in [6.07, 6.45) is 4.69. The van der Waals surface area contributed by atoms with Gasteiger partial charge in [-0.05, 0) is 58.8 Å². The van der Waals surface area contributed by atoms with Crippen LogP contribution in [0.2, 0.25) is 0 Å². The van der Waals surface area contributed by atoms with Gasteiger partial charge in [-0.2, -0.15) is 16.4 Å². The highest BCUT2D eigenvalue weighted by Gasteiger charge is 2.37. The summed E-state index contributed by atoms with van der Waals surface area (Å²) in [5.74, 6) is 0.828. The van der Waals surface area contributed by atoms with Crippen LogP contribution >= 0.6 is 22.7 Å². The van der Waals surface area contributed by atoms with E-state index in [0.717, 1.165) is 22.9 Å². The minimum atomic E-state index is -0.165. The third kappa shape index (κ3) is 3.70. The van der Waals surface area contributed by atoms with Gasteiger partial charge in [0.15, 0.2) is 0 Å². The number of hydrazone groups is 1. The second-order valence-electron chi connectivity index (χ2n) is 7.27. The minimum absolute atomic E-state index is 0.0371. The van der Waals surface area contributed by atoms with Crippen molar-refractivity contribution in [1.82, 2.24) is 9.91 Å². The Bertz CT molecular complexity index is 944. The molecule has 0 spiro atoms. The largest absolute Gasteiger partial charge is 0.467 e. The van der Waals surface area contributed by atoms with Gasteiger partial charge in [0.05, 0.1) is 23.4 Å². The molecule has 1 unspecified atom stereocenters. The molecule has 0 radical (unpaired) electrons. The maximum absolute atomic E-state index is 13.3. The second kappa shape index (κ2) is 7.66. The van der Waals surface area contributed by atoms with Gasteiger partial charge in [0.25, 0.3) is 5.91 Å². The molecular weight excluding hydrogens is 390 g/mol. The van der Waals surface area contributed by atoms with Gasteiger partial charge in [0.1, 0.15) is 11.8 Å². The molecule has 3 aromatic heterocycles. The standard InChI is InChI=1S/C21H21N3O2S2/c25-21(13-23(16-5-6-16)12-15-7-10-27-14-15)24-18(19-3-1-8-26-19)11-17(22-24)20-4-2-9-28-20/h1-4,7-10,14,16,18H,5-6,11-13H2. The molecule has 5 nitrogen and oxygen atoms in total. The van der Waals surface area contributed by atoms with E-state index in [4.69, 9.17) is 9.52 Å². The zero-order chi connectivity index (χ0) is 18.9. The van der Waals surface area contributed by atoms with Crippen molar-refractivity contribution in [2.24, 2.45) is 5.10 Å². The van der Waals surface area contributed by atoms with E-state index in [-0.39, 0.29) is 11.9 Å². The first-order chi connectivity index (χ1) is 13.8. The highest BCUT2D eigenvalue weighted by atomic mass is 32.1. The van der Waals surface area contributed by atoms with Crippen LogP contribution in [-0.4, -0.2) is 34.1 Å². The highest BCUT2D eigenvalue weighted by molar-refractivity contribution is 7.12. The quantitative estimate of drug-likeness (QED) is 0.564. The summed E-state index contributed by atoms with van der Waals surface area (Å²) in [6.45, 7) is 1.21. The van der Waals surface area contributed by atoms with Gasteiger partial charge in [0.2, 0.25) is 0 Å². The number of carbonyl (C=O) groups is 1. The van der Waals surface area contributed by atoms with Crippen molar-refractivity contribution in [3.8, 4) is 0 Å². The number of thiophene rings is 2. The van der Waals surface area contributed by atoms with Crippen LogP contribution in [0, 0.1) is 0 Å². The molecule has 1 aliphatic heterocycles. The molecule has 0 bridgehead atoms. The summed E-state index contributed by atoms with van der Waals surface area (Å²) in [4.78, 5) is 16.7. The summed E-state index contributed by atoms with van der Waals surface area (Å²) in [5.41, 5.74) is 2.23. The minimum Gasteiger partial charge on any atom is -0.467 e. The Labute approximate surface area is 171 Å². The molecule has 1 saturated carbocycles. The average Bonchev–Trinajstić information content (AvgIpc) is 3.24. The van der Waals surface area contributed by atoms with E-state index in [0.29, 0.717) is 19.0 Å². The van der Waals surface area contributed by atoms with E-state index in [1.165, 1.54) is 18.4 Å². The van der Waals surface area contributed by atoms with Crippen LogP contribution in [0.3, 0.4) is 0 Å². The van der Waals surface area contributed by atoms with Crippen LogP contribution in [0.25, 0.3) is 0 Å². The molecule has 1 amide bonds. The lowest BCUT2D eigenvalue weighted by Crippen LogP contribution is -2.38. The molecule has 0 aromatic carbocycles. The number of hydrogen-bond acceptors (Lipinski definition) is 6. The van der Waals surface area contributed by atoms with E-state index >= 15 is 0 Å². The van der Waals surface area contributed by atoms with Crippen LogP contribution < -0.4 is 0 Å². The van der Waals surface area contributed by atoms with E-state index in [1.807, 2.05) is 23.6 Å². The van der Waals surface area contributed by atoms with Crippen molar-refractivity contribution in [3.63, 3.8) is 0 Å². The van der Waals surface area contributed by atoms with Gasteiger partial charge in [-0.1, -0.05) is 6.07 Å². The lowest BCUT2D eigenvalue weighted by Gasteiger charge is -2.25. The third-order valence-corrected chi connectivity index (χ3v) is 6.86. The third-order valence-electron chi connectivity index (χ3n) is 5.21. The van der Waals surface area contributed by atoms with Crippen LogP contribution in [0.1, 0.15) is 41.5 Å². The fourth-order valence-corrected chi connectivity index (χ4v) is 5.03. The molecule has 0 saturated heterocycles. The molecule has 0 N–H and O–H groups in total. The molecule has 4 heterocycles. The maximum Gasteiger partial charge on any atom is 0.257 e. The predicted molar refractivity (Wildman–Crippen MR) is 112 cm³/mol. The van der Waals surface area contributed by atoms with Crippen LogP contribution in [0.5, 0.6) is 0 Å². The first-order valence-corrected chi connectivity index (χ1v) is 11.3. The summed E-state index contributed by atoms with van der Waals surface area (Å²) in [5, 5.41) is 12.7. The van der Waals surface area contributed by atoms with E-state index < -0.39 is 0 Å². The van der Waals surface area contributed by atoms with Crippen molar-refractivity contribution in [3.05, 3.63) is 68.9 Å². The first-order valence-electron chi connectivity index (χ1n) is 9.50. The monoisotopic (exact) mass is 411 g/mol. The second-order valence-corrected chi connectivity index (χ2v) is 8.99. The number of carbonyl (C=O) groups excluding carboxylic acids is 1. The maximum atomic E-state index is 13.3. The topological polar surface area (TPSA) is 49.1 Å². The van der Waals surface area contributed by atoms with Gasteiger partial charge >= 0.3 is 0 Å². The van der Waals surface area contributed by atoms with E-state index in [2.05, 4.69) is 27.8 Å². The van der Waals surface area contributed by atoms with Gasteiger partial charge in [-0.15, -0.1) is 11.3 Å². The molecule has 144 valence electrons. The summed E-state index contributed by atoms with van der Waals surface area (Å²) in [6, 6.07) is 10.4. The number of rotatable bonds is 7. The number of hydrogen-bond donors (Lipinski definition) is 0. The molecule has 1 fully saturated rings. The van der Waals surface area contributed by atoms with Crippen molar-refractivity contribution < 1.29 is 9.21 Å². The molecule has 2 aliphatic rings. The summed E-state index contributed by atoms with van der Waals surface area (Å²) in [7, 11) is 0. The van der Waals surface area contributed by atoms with Gasteiger partial charge in [-0.3, -0.25) is 9.69 Å². The lowest BCUT2D eigenvalue weighted by atomic mass is 10.1. The Morgan fingerprint density at radius 1 is 1.25 bits per heavy atom. The lowest BCUT2D eigenvalue weighted by molar-refractivity contribution is -0.134. The Kier molecular flexibility index (Phi) is 4.88. The molecule has 5 rings (SSSR count). The summed E-state index contributed by atoms with van der Waals surface area (Å²) >= 11 is 3.36. The van der Waals surface area contributed by atoms with Crippen molar-refractivity contribution in [2.75, 3.05) is 6.54 Å². The fourth-order valence-electron chi connectivity index (χ4n) is 3.65. The first kappa shape index (κ1) is 17.8. The van der Waals surface area contributed by atoms with Crippen LogP contribution in [-0.2, 0) is 11.3 Å². The predicted octanol–water partition coefficient (Wildman–Crippen LogP) is 4.74. The Morgan fingerprint density at radius 2 is 2.18 bits per heavy atom. The van der Waals surface area contributed by atoms with Crippen molar-refractivity contribution >= 4 is 34.3 Å². The van der Waals surface area contributed by atoms with Gasteiger partial charge in [-0.25, -0.2) is 5.01 Å². The Balaban J connectivity index is 1.37. The van der Waals surface area contributed by atoms with Gasteiger partial charge < -0.3 is 4.42 Å². The summed E-state index contributed by atoms with van der Waals surface area (Å²) < 4.78 is 5.64. The SMILES string of the molecule is O=C(CN(Cc1ccsc1)C1CC1)N1N=C(c2cccs2)CC1c1ccco1. The van der Waals surface area contributed by atoms with E-state index in [1.54, 1.807) is 33.9 Å². The van der Waals surface area contributed by atoms with Crippen LogP contribution in [0.15, 0.2) is 62.3 Å². The molecule has 1 atom stereocenters. The number of amides is 1. The smallest absolute Gasteiger partial charge is 0.257 e. The molecule has 7 heteroatoms. The highest BCUT2D eigenvalue weighted by Crippen LogP contribution is 2.35. The van der Waals surface area contributed by atoms with E-state index in [9.17, 15) is 4.79 Å². The van der Waals surface area contributed by atoms with Gasteiger partial charge in [0, 0.05) is 19.0 Å². The zero-order valence-electron chi connectivity index (χ0n) is 15.4. The number of furan rings is 1. The number of nitrogens with zero attached hydrogens (tertiary/aromatic N) is 3. The Hall–Kier alpha value is -2.22. The van der Waals surface area contributed by atoms with Crippen molar-refractivity contribution in [2.45, 2.75) is 37.9 Å².